The molecule has 9 nitrogen and oxygen atoms in total. The smallest absolute Gasteiger partial charge is 0.417 e. The molecule has 0 spiro atoms. The van der Waals surface area contributed by atoms with Crippen LogP contribution >= 0.6 is 0 Å². The molecule has 3 aliphatic rings. The van der Waals surface area contributed by atoms with Crippen molar-refractivity contribution < 1.29 is 37.4 Å². The van der Waals surface area contributed by atoms with E-state index in [9.17, 15) is 32.7 Å². The first kappa shape index (κ1) is 24.5. The molecule has 5 atom stereocenters. The van der Waals surface area contributed by atoms with E-state index in [0.29, 0.717) is 23.7 Å². The van der Waals surface area contributed by atoms with E-state index in [1.165, 1.54) is 9.58 Å². The van der Waals surface area contributed by atoms with Crippen molar-refractivity contribution in [2.45, 2.75) is 75.0 Å². The van der Waals surface area contributed by atoms with Gasteiger partial charge in [-0.3, -0.25) is 14.3 Å². The number of carboxylic acids is 1. The minimum atomic E-state index is -4.55. The third-order valence-electron chi connectivity index (χ3n) is 7.80. The highest BCUT2D eigenvalue weighted by molar-refractivity contribution is 6.01. The van der Waals surface area contributed by atoms with Crippen molar-refractivity contribution in [1.82, 2.24) is 20.0 Å². The Morgan fingerprint density at radius 2 is 2.00 bits per heavy atom. The Bertz CT molecular complexity index is 1210. The minimum Gasteiger partial charge on any atom is -0.476 e. The van der Waals surface area contributed by atoms with Crippen molar-refractivity contribution in [3.63, 3.8) is 0 Å². The highest BCUT2D eigenvalue weighted by Gasteiger charge is 2.59. The zero-order valence-corrected chi connectivity index (χ0v) is 19.6. The first-order valence-electron chi connectivity index (χ1n) is 12.0. The Morgan fingerprint density at radius 3 is 2.69 bits per heavy atom. The van der Waals surface area contributed by atoms with Crippen LogP contribution in [0.1, 0.15) is 49.0 Å². The number of nitrogens with one attached hydrogen (secondary N) is 1. The predicted octanol–water partition coefficient (Wildman–Crippen LogP) is 2.73. The summed E-state index contributed by atoms with van der Waals surface area (Å²) < 4.78 is 47.2. The molecule has 12 heteroatoms. The lowest BCUT2D eigenvalue weighted by Crippen LogP contribution is -2.57. The fourth-order valence-corrected chi connectivity index (χ4v) is 5.88. The number of amides is 2. The molecule has 0 bridgehead atoms. The molecular formula is C24H27F3N4O5. The van der Waals surface area contributed by atoms with Gasteiger partial charge < -0.3 is 20.1 Å². The van der Waals surface area contributed by atoms with E-state index < -0.39 is 35.7 Å². The Labute approximate surface area is 204 Å². The molecule has 1 aliphatic heterocycles. The van der Waals surface area contributed by atoms with Crippen LogP contribution in [0.25, 0.3) is 10.9 Å². The van der Waals surface area contributed by atoms with Gasteiger partial charge in [-0.25, -0.2) is 4.79 Å². The number of carbonyl (C=O) groups excluding carboxylic acids is 2. The van der Waals surface area contributed by atoms with Crippen molar-refractivity contribution in [2.24, 2.45) is 5.92 Å². The third kappa shape index (κ3) is 4.10. The van der Waals surface area contributed by atoms with Crippen LogP contribution in [0.15, 0.2) is 24.3 Å². The molecule has 194 valence electrons. The maximum Gasteiger partial charge on any atom is 0.417 e. The monoisotopic (exact) mass is 508 g/mol. The van der Waals surface area contributed by atoms with Crippen molar-refractivity contribution in [1.29, 1.82) is 0 Å². The molecule has 2 unspecified atom stereocenters. The molecular weight excluding hydrogens is 481 g/mol. The normalized spacial score (nSPS) is 29.7. The standard InChI is InChI=1S/C24H27F3N4O5/c1-36-23(24(25,26)27)8-4-5-14(11-23)28-21(33)18-10-13-9-17(13)31(18)19(32)12-30-16-7-3-2-6-15(16)20(29-30)22(34)35/h2-3,6-7,13-14,17-18H,4-5,8-12H2,1H3,(H,28,33)(H,34,35)/t13-,14?,17-,18+,23?/m1/s1. The van der Waals surface area contributed by atoms with Gasteiger partial charge in [0.15, 0.2) is 11.3 Å². The molecule has 1 aromatic heterocycles. The second-order valence-electron chi connectivity index (χ2n) is 9.94. The van der Waals surface area contributed by atoms with E-state index in [1.807, 2.05) is 0 Å². The average molecular weight is 508 g/mol. The number of fused-ring (bicyclic) bond motifs is 2. The SMILES string of the molecule is COC1(C(F)(F)F)CCCC(NC(=O)[C@@H]2C[C@H]3C[C@H]3N2C(=O)Cn2nc(C(=O)O)c3ccccc32)C1. The van der Waals surface area contributed by atoms with E-state index in [0.717, 1.165) is 13.5 Å². The summed E-state index contributed by atoms with van der Waals surface area (Å²) in [7, 11) is 1.04. The number of carbonyl (C=O) groups is 3. The van der Waals surface area contributed by atoms with Crippen molar-refractivity contribution in [2.75, 3.05) is 7.11 Å². The molecule has 2 aromatic rings. The van der Waals surface area contributed by atoms with Crippen LogP contribution in [0.3, 0.4) is 0 Å². The molecule has 2 N–H and O–H groups in total. The number of aromatic nitrogens is 2. The summed E-state index contributed by atoms with van der Waals surface area (Å²) in [6.45, 7) is -0.245. The number of benzene rings is 1. The summed E-state index contributed by atoms with van der Waals surface area (Å²) in [5.41, 5.74) is -1.97. The second kappa shape index (κ2) is 8.75. The van der Waals surface area contributed by atoms with Gasteiger partial charge in [-0.05, 0) is 44.1 Å². The Morgan fingerprint density at radius 1 is 1.25 bits per heavy atom. The Hall–Kier alpha value is -3.15. The van der Waals surface area contributed by atoms with Crippen LogP contribution in [0.2, 0.25) is 0 Å². The van der Waals surface area contributed by atoms with Crippen molar-refractivity contribution in [3.8, 4) is 0 Å². The van der Waals surface area contributed by atoms with Gasteiger partial charge in [0.05, 0.1) is 5.52 Å². The van der Waals surface area contributed by atoms with E-state index in [-0.39, 0.29) is 49.4 Å². The molecule has 0 radical (unpaired) electrons. The third-order valence-corrected chi connectivity index (χ3v) is 7.80. The number of ether oxygens (including phenoxy) is 1. The van der Waals surface area contributed by atoms with Crippen LogP contribution in [-0.2, 0) is 20.9 Å². The molecule has 36 heavy (non-hydrogen) atoms. The molecule has 1 saturated heterocycles. The molecule has 5 rings (SSSR count). The Balaban J connectivity index is 1.31. The summed E-state index contributed by atoms with van der Waals surface area (Å²) in [6, 6.07) is 5.07. The van der Waals surface area contributed by atoms with Crippen LogP contribution in [-0.4, -0.2) is 74.6 Å². The van der Waals surface area contributed by atoms with Gasteiger partial charge in [-0.2, -0.15) is 18.3 Å². The number of piperidine rings is 1. The van der Waals surface area contributed by atoms with Gasteiger partial charge in [0.2, 0.25) is 11.8 Å². The van der Waals surface area contributed by atoms with Gasteiger partial charge in [-0.1, -0.05) is 18.2 Å². The number of rotatable bonds is 6. The molecule has 2 amide bonds. The summed E-state index contributed by atoms with van der Waals surface area (Å²) >= 11 is 0. The lowest BCUT2D eigenvalue weighted by atomic mass is 9.81. The number of halogens is 3. The number of aromatic carboxylic acids is 1. The van der Waals surface area contributed by atoms with Gasteiger partial charge in [0.1, 0.15) is 12.6 Å². The van der Waals surface area contributed by atoms with Crippen LogP contribution in [0, 0.1) is 5.92 Å². The van der Waals surface area contributed by atoms with Gasteiger partial charge >= 0.3 is 12.1 Å². The molecule has 2 saturated carbocycles. The predicted molar refractivity (Wildman–Crippen MR) is 120 cm³/mol. The lowest BCUT2D eigenvalue weighted by Gasteiger charge is -2.41. The van der Waals surface area contributed by atoms with E-state index in [4.69, 9.17) is 4.74 Å². The summed E-state index contributed by atoms with van der Waals surface area (Å²) in [5, 5.41) is 16.7. The topological polar surface area (TPSA) is 114 Å². The quantitative estimate of drug-likeness (QED) is 0.621. The Kier molecular flexibility index (Phi) is 5.97. The zero-order chi connectivity index (χ0) is 25.8. The number of methoxy groups -OCH3 is 1. The number of carboxylic acid groups (broad SMARTS) is 1. The number of hydrogen-bond acceptors (Lipinski definition) is 5. The highest BCUT2D eigenvalue weighted by Crippen LogP contribution is 2.48. The second-order valence-corrected chi connectivity index (χ2v) is 9.94. The first-order valence-corrected chi connectivity index (χ1v) is 12.0. The van der Waals surface area contributed by atoms with Gasteiger partial charge in [-0.15, -0.1) is 0 Å². The molecule has 2 heterocycles. The van der Waals surface area contributed by atoms with Crippen molar-refractivity contribution >= 4 is 28.7 Å². The van der Waals surface area contributed by atoms with Crippen molar-refractivity contribution in [3.05, 3.63) is 30.0 Å². The number of nitrogens with zero attached hydrogens (tertiary/aromatic N) is 3. The number of hydrogen-bond donors (Lipinski definition) is 2. The van der Waals surface area contributed by atoms with E-state index >= 15 is 0 Å². The fourth-order valence-electron chi connectivity index (χ4n) is 5.88. The maximum absolute atomic E-state index is 13.7. The van der Waals surface area contributed by atoms with E-state index in [2.05, 4.69) is 10.4 Å². The van der Waals surface area contributed by atoms with Crippen LogP contribution in [0.4, 0.5) is 13.2 Å². The lowest BCUT2D eigenvalue weighted by molar-refractivity contribution is -0.281. The zero-order valence-electron chi connectivity index (χ0n) is 19.6. The van der Waals surface area contributed by atoms with Gasteiger partial charge in [0, 0.05) is 31.0 Å². The largest absolute Gasteiger partial charge is 0.476 e. The van der Waals surface area contributed by atoms with E-state index in [1.54, 1.807) is 24.3 Å². The number of alkyl halides is 3. The fraction of sp³-hybridized carbons (Fsp3) is 0.583. The maximum atomic E-state index is 13.7. The first-order chi connectivity index (χ1) is 17.0. The molecule has 1 aromatic carbocycles. The number of likely N-dealkylation sites (tertiary alicyclic amines) is 1. The minimum absolute atomic E-state index is 0.103. The highest BCUT2D eigenvalue weighted by atomic mass is 19.4. The van der Waals surface area contributed by atoms with Gasteiger partial charge in [0.25, 0.3) is 0 Å². The summed E-state index contributed by atoms with van der Waals surface area (Å²) in [6.07, 6.45) is -3.21. The summed E-state index contributed by atoms with van der Waals surface area (Å²) in [5.74, 6) is -1.88. The average Bonchev–Trinajstić information content (AvgIpc) is 3.33. The molecule has 3 fully saturated rings. The number of para-hydroxylation sites is 1. The molecule has 2 aliphatic carbocycles. The van der Waals surface area contributed by atoms with Crippen LogP contribution in [0.5, 0.6) is 0 Å². The summed E-state index contributed by atoms with van der Waals surface area (Å²) in [4.78, 5) is 39.6. The van der Waals surface area contributed by atoms with Crippen LogP contribution < -0.4 is 5.32 Å².